The maximum atomic E-state index is 10.7. The van der Waals surface area contributed by atoms with Crippen LogP contribution in [0.25, 0.3) is 72.7 Å². The van der Waals surface area contributed by atoms with Crippen molar-refractivity contribution in [2.45, 2.75) is 0 Å². The minimum atomic E-state index is -0.0563. The van der Waals surface area contributed by atoms with Crippen molar-refractivity contribution in [3.63, 3.8) is 0 Å². The van der Waals surface area contributed by atoms with E-state index in [2.05, 4.69) is 113 Å². The number of fused-ring (bicyclic) bond motifs is 1. The molecule has 5 aromatic carbocycles. The van der Waals surface area contributed by atoms with Crippen molar-refractivity contribution in [3.05, 3.63) is 164 Å². The molecule has 0 saturated carbocycles. The SMILES string of the molecule is Oc1ncccc1-c1nc2c(-c3cccc(-c4cc(-c5ccc(-c6ccccc6)cc5)ccn4)c3)cccc2n1-c1ccccc1. The summed E-state index contributed by atoms with van der Waals surface area (Å²) in [6.07, 6.45) is 3.45. The van der Waals surface area contributed by atoms with Crippen molar-refractivity contribution < 1.29 is 5.11 Å². The Morgan fingerprint density at radius 2 is 1.11 bits per heavy atom. The first-order valence-corrected chi connectivity index (χ1v) is 15.2. The van der Waals surface area contributed by atoms with Crippen LogP contribution in [0.1, 0.15) is 0 Å². The monoisotopic (exact) mass is 592 g/mol. The fourth-order valence-corrected chi connectivity index (χ4v) is 6.02. The number of pyridine rings is 2. The molecule has 5 nitrogen and oxygen atoms in total. The number of rotatable bonds is 6. The highest BCUT2D eigenvalue weighted by molar-refractivity contribution is 5.96. The second kappa shape index (κ2) is 11.6. The third-order valence-electron chi connectivity index (χ3n) is 8.28. The smallest absolute Gasteiger partial charge is 0.222 e. The van der Waals surface area contributed by atoms with E-state index in [1.54, 1.807) is 6.20 Å². The predicted molar refractivity (Wildman–Crippen MR) is 186 cm³/mol. The molecule has 0 unspecified atom stereocenters. The molecule has 0 aliphatic rings. The number of hydrogen-bond donors (Lipinski definition) is 1. The zero-order valence-corrected chi connectivity index (χ0v) is 24.8. The van der Waals surface area contributed by atoms with E-state index in [-0.39, 0.29) is 5.88 Å². The number of hydrogen-bond acceptors (Lipinski definition) is 4. The zero-order valence-electron chi connectivity index (χ0n) is 24.8. The summed E-state index contributed by atoms with van der Waals surface area (Å²) in [5.74, 6) is 0.572. The van der Waals surface area contributed by atoms with Crippen LogP contribution in [0.15, 0.2) is 164 Å². The van der Waals surface area contributed by atoms with Gasteiger partial charge in [-0.2, -0.15) is 0 Å². The van der Waals surface area contributed by atoms with E-state index in [0.29, 0.717) is 11.4 Å². The van der Waals surface area contributed by atoms with Crippen LogP contribution < -0.4 is 0 Å². The first kappa shape index (κ1) is 27.2. The molecule has 0 fully saturated rings. The minimum absolute atomic E-state index is 0.0563. The zero-order chi connectivity index (χ0) is 30.9. The molecule has 8 aromatic rings. The van der Waals surface area contributed by atoms with E-state index in [9.17, 15) is 5.11 Å². The summed E-state index contributed by atoms with van der Waals surface area (Å²) in [4.78, 5) is 14.0. The predicted octanol–water partition coefficient (Wildman–Crippen LogP) is 9.86. The molecule has 1 N–H and O–H groups in total. The summed E-state index contributed by atoms with van der Waals surface area (Å²) >= 11 is 0. The van der Waals surface area contributed by atoms with Gasteiger partial charge in [0.25, 0.3) is 0 Å². The molecular weight excluding hydrogens is 564 g/mol. The van der Waals surface area contributed by atoms with Crippen molar-refractivity contribution in [2.75, 3.05) is 0 Å². The molecule has 0 saturated heterocycles. The molecule has 0 atom stereocenters. The molecule has 3 aromatic heterocycles. The maximum absolute atomic E-state index is 10.7. The van der Waals surface area contributed by atoms with Gasteiger partial charge in [-0.15, -0.1) is 0 Å². The number of nitrogens with zero attached hydrogens (tertiary/aromatic N) is 4. The molecule has 5 heteroatoms. The van der Waals surface area contributed by atoms with Gasteiger partial charge in [-0.05, 0) is 76.3 Å². The highest BCUT2D eigenvalue weighted by Gasteiger charge is 2.20. The molecule has 0 aliphatic heterocycles. The molecule has 0 bridgehead atoms. The molecule has 46 heavy (non-hydrogen) atoms. The lowest BCUT2D eigenvalue weighted by Gasteiger charge is -2.10. The van der Waals surface area contributed by atoms with E-state index in [4.69, 9.17) is 9.97 Å². The summed E-state index contributed by atoms with van der Waals surface area (Å²) in [5.41, 5.74) is 11.9. The summed E-state index contributed by atoms with van der Waals surface area (Å²) in [5, 5.41) is 10.7. The molecule has 0 radical (unpaired) electrons. The molecule has 218 valence electrons. The fraction of sp³-hybridized carbons (Fsp3) is 0. The van der Waals surface area contributed by atoms with E-state index >= 15 is 0 Å². The summed E-state index contributed by atoms with van der Waals surface area (Å²) in [6, 6.07) is 51.6. The molecular formula is C41H28N4O. The van der Waals surface area contributed by atoms with Gasteiger partial charge in [0.05, 0.1) is 22.3 Å². The van der Waals surface area contributed by atoms with Crippen molar-refractivity contribution in [3.8, 4) is 67.6 Å². The van der Waals surface area contributed by atoms with Gasteiger partial charge in [-0.3, -0.25) is 9.55 Å². The molecule has 3 heterocycles. The van der Waals surface area contributed by atoms with E-state index in [1.807, 2.05) is 54.7 Å². The van der Waals surface area contributed by atoms with Gasteiger partial charge in [0, 0.05) is 29.2 Å². The van der Waals surface area contributed by atoms with Crippen LogP contribution in [0.4, 0.5) is 0 Å². The summed E-state index contributed by atoms with van der Waals surface area (Å²) in [6.45, 7) is 0. The largest absolute Gasteiger partial charge is 0.493 e. The van der Waals surface area contributed by atoms with Gasteiger partial charge in [-0.1, -0.05) is 103 Å². The lowest BCUT2D eigenvalue weighted by molar-refractivity contribution is 0.455. The summed E-state index contributed by atoms with van der Waals surface area (Å²) < 4.78 is 2.08. The van der Waals surface area contributed by atoms with Crippen molar-refractivity contribution >= 4 is 11.0 Å². The van der Waals surface area contributed by atoms with Crippen LogP contribution in [0.3, 0.4) is 0 Å². The average Bonchev–Trinajstić information content (AvgIpc) is 3.52. The normalized spacial score (nSPS) is 11.1. The van der Waals surface area contributed by atoms with Crippen LogP contribution in [-0.4, -0.2) is 24.6 Å². The van der Waals surface area contributed by atoms with E-state index < -0.39 is 0 Å². The van der Waals surface area contributed by atoms with Gasteiger partial charge in [0.15, 0.2) is 5.82 Å². The van der Waals surface area contributed by atoms with Crippen LogP contribution >= 0.6 is 0 Å². The maximum Gasteiger partial charge on any atom is 0.222 e. The third kappa shape index (κ3) is 5.00. The fourth-order valence-electron chi connectivity index (χ4n) is 6.02. The van der Waals surface area contributed by atoms with Gasteiger partial charge in [-0.25, -0.2) is 9.97 Å². The topological polar surface area (TPSA) is 63.8 Å². The van der Waals surface area contributed by atoms with Crippen LogP contribution in [0, 0.1) is 0 Å². The van der Waals surface area contributed by atoms with Crippen molar-refractivity contribution in [1.29, 1.82) is 0 Å². The lowest BCUT2D eigenvalue weighted by atomic mass is 9.98. The highest BCUT2D eigenvalue weighted by atomic mass is 16.3. The molecule has 0 aliphatic carbocycles. The van der Waals surface area contributed by atoms with Gasteiger partial charge in [0.2, 0.25) is 5.88 Å². The standard InChI is InChI=1S/C41H28N4O/c46-41-36(17-9-24-43-41)40-44-39-35(16-8-18-38(39)45(40)34-14-5-2-6-15-34)32-12-7-13-33(26-32)37-27-31(23-25-42-37)30-21-19-29(20-22-30)28-10-3-1-4-11-28/h1-27H,(H,43,46). The Hall–Kier alpha value is -6.33. The number of benzene rings is 5. The minimum Gasteiger partial charge on any atom is -0.493 e. The van der Waals surface area contributed by atoms with Crippen molar-refractivity contribution in [1.82, 2.24) is 19.5 Å². The Morgan fingerprint density at radius 3 is 1.89 bits per heavy atom. The number of imidazole rings is 1. The van der Waals surface area contributed by atoms with Gasteiger partial charge in [0.1, 0.15) is 0 Å². The third-order valence-corrected chi connectivity index (χ3v) is 8.28. The van der Waals surface area contributed by atoms with Crippen molar-refractivity contribution in [2.24, 2.45) is 0 Å². The quantitative estimate of drug-likeness (QED) is 0.209. The van der Waals surface area contributed by atoms with Crippen LogP contribution in [0.2, 0.25) is 0 Å². The first-order chi connectivity index (χ1) is 22.7. The Morgan fingerprint density at radius 1 is 0.457 bits per heavy atom. The van der Waals surface area contributed by atoms with Crippen LogP contribution in [-0.2, 0) is 0 Å². The van der Waals surface area contributed by atoms with E-state index in [1.165, 1.54) is 11.1 Å². The lowest BCUT2D eigenvalue weighted by Crippen LogP contribution is -1.97. The Labute approximate surface area is 266 Å². The second-order valence-corrected chi connectivity index (χ2v) is 11.1. The Kier molecular flexibility index (Phi) is 6.89. The number of para-hydroxylation sites is 2. The van der Waals surface area contributed by atoms with Gasteiger partial charge >= 0.3 is 0 Å². The first-order valence-electron chi connectivity index (χ1n) is 15.2. The summed E-state index contributed by atoms with van der Waals surface area (Å²) in [7, 11) is 0. The molecule has 0 amide bonds. The second-order valence-electron chi connectivity index (χ2n) is 11.1. The average molecular weight is 593 g/mol. The Balaban J connectivity index is 1.20. The molecule has 0 spiro atoms. The van der Waals surface area contributed by atoms with Crippen LogP contribution in [0.5, 0.6) is 5.88 Å². The number of aromatic hydroxyl groups is 1. The van der Waals surface area contributed by atoms with E-state index in [0.717, 1.165) is 50.2 Å². The van der Waals surface area contributed by atoms with Gasteiger partial charge < -0.3 is 5.11 Å². The molecule has 8 rings (SSSR count). The highest BCUT2D eigenvalue weighted by Crippen LogP contribution is 2.37. The Bertz CT molecular complexity index is 2310. The number of aromatic nitrogens is 4.